The standard InChI is InChI=1S/C17H28N2OS/c1-6-12(2)15-14(11-20)21-16(18-15)19(5)13-7-9-17(3,4)10-8-13/h11-13H,6-10H2,1-5H3. The third-order valence-electron chi connectivity index (χ3n) is 5.01. The first-order chi connectivity index (χ1) is 9.88. The molecule has 0 bridgehead atoms. The molecule has 3 nitrogen and oxygen atoms in total. The van der Waals surface area contributed by atoms with Crippen LogP contribution in [0.3, 0.4) is 0 Å². The summed E-state index contributed by atoms with van der Waals surface area (Å²) < 4.78 is 0. The Labute approximate surface area is 132 Å². The minimum atomic E-state index is 0.355. The number of aldehydes is 1. The molecule has 0 spiro atoms. The first kappa shape index (κ1) is 16.5. The molecule has 1 aliphatic carbocycles. The van der Waals surface area contributed by atoms with Crippen LogP contribution in [0.5, 0.6) is 0 Å². The van der Waals surface area contributed by atoms with Crippen LogP contribution in [0.1, 0.15) is 81.1 Å². The first-order valence-corrected chi connectivity index (χ1v) is 8.88. The van der Waals surface area contributed by atoms with Gasteiger partial charge in [-0.1, -0.05) is 39.0 Å². The Hall–Kier alpha value is -0.900. The van der Waals surface area contributed by atoms with Gasteiger partial charge >= 0.3 is 0 Å². The number of hydrogen-bond acceptors (Lipinski definition) is 4. The van der Waals surface area contributed by atoms with E-state index < -0.39 is 0 Å². The van der Waals surface area contributed by atoms with Crippen LogP contribution < -0.4 is 4.90 Å². The normalized spacial score (nSPS) is 20.2. The minimum Gasteiger partial charge on any atom is -0.348 e. The summed E-state index contributed by atoms with van der Waals surface area (Å²) in [7, 11) is 2.14. The lowest BCUT2D eigenvalue weighted by Crippen LogP contribution is -2.37. The number of thiazole rings is 1. The van der Waals surface area contributed by atoms with Gasteiger partial charge in [-0.2, -0.15) is 0 Å². The van der Waals surface area contributed by atoms with Gasteiger partial charge in [0.15, 0.2) is 11.4 Å². The number of nitrogens with zero attached hydrogens (tertiary/aromatic N) is 2. The van der Waals surface area contributed by atoms with E-state index in [9.17, 15) is 4.79 Å². The van der Waals surface area contributed by atoms with Crippen LogP contribution in [0.4, 0.5) is 5.13 Å². The van der Waals surface area contributed by atoms with E-state index in [0.717, 1.165) is 28.4 Å². The zero-order chi connectivity index (χ0) is 15.6. The summed E-state index contributed by atoms with van der Waals surface area (Å²) in [5, 5.41) is 1.01. The van der Waals surface area contributed by atoms with Crippen molar-refractivity contribution in [1.82, 2.24) is 4.98 Å². The van der Waals surface area contributed by atoms with Gasteiger partial charge in [-0.15, -0.1) is 0 Å². The highest BCUT2D eigenvalue weighted by molar-refractivity contribution is 7.17. The summed E-state index contributed by atoms with van der Waals surface area (Å²) >= 11 is 1.55. The van der Waals surface area contributed by atoms with E-state index in [1.165, 1.54) is 25.7 Å². The van der Waals surface area contributed by atoms with Gasteiger partial charge in [-0.3, -0.25) is 4.79 Å². The molecular formula is C17H28N2OS. The Kier molecular flexibility index (Phi) is 5.07. The third-order valence-corrected chi connectivity index (χ3v) is 6.10. The second kappa shape index (κ2) is 6.47. The highest BCUT2D eigenvalue weighted by Gasteiger charge is 2.30. The second-order valence-corrected chi connectivity index (χ2v) is 8.19. The number of anilines is 1. The monoisotopic (exact) mass is 308 g/mol. The van der Waals surface area contributed by atoms with Crippen LogP contribution in [0.2, 0.25) is 0 Å². The molecule has 1 saturated carbocycles. The topological polar surface area (TPSA) is 33.2 Å². The largest absolute Gasteiger partial charge is 0.348 e. The van der Waals surface area contributed by atoms with E-state index in [2.05, 4.69) is 39.6 Å². The molecular weight excluding hydrogens is 280 g/mol. The Balaban J connectivity index is 2.14. The van der Waals surface area contributed by atoms with Crippen molar-refractivity contribution in [1.29, 1.82) is 0 Å². The minimum absolute atomic E-state index is 0.355. The maximum Gasteiger partial charge on any atom is 0.186 e. The van der Waals surface area contributed by atoms with Crippen molar-refractivity contribution < 1.29 is 4.79 Å². The summed E-state index contributed by atoms with van der Waals surface area (Å²) in [6.07, 6.45) is 6.97. The summed E-state index contributed by atoms with van der Waals surface area (Å²) in [6, 6.07) is 0.563. The van der Waals surface area contributed by atoms with E-state index in [1.807, 2.05) is 0 Å². The molecule has 1 heterocycles. The van der Waals surface area contributed by atoms with Gasteiger partial charge in [-0.25, -0.2) is 4.98 Å². The van der Waals surface area contributed by atoms with Crippen LogP contribution in [-0.4, -0.2) is 24.4 Å². The zero-order valence-corrected chi connectivity index (χ0v) is 14.8. The molecule has 0 radical (unpaired) electrons. The van der Waals surface area contributed by atoms with Crippen molar-refractivity contribution in [2.45, 2.75) is 71.8 Å². The highest BCUT2D eigenvalue weighted by atomic mass is 32.1. The maximum atomic E-state index is 11.3. The fraction of sp³-hybridized carbons (Fsp3) is 0.765. The van der Waals surface area contributed by atoms with E-state index in [4.69, 9.17) is 4.98 Å². The van der Waals surface area contributed by atoms with E-state index in [0.29, 0.717) is 17.4 Å². The molecule has 4 heteroatoms. The van der Waals surface area contributed by atoms with Crippen LogP contribution >= 0.6 is 11.3 Å². The Bertz CT molecular complexity index is 485. The summed E-state index contributed by atoms with van der Waals surface area (Å²) in [5.74, 6) is 0.355. The predicted octanol–water partition coefficient (Wildman–Crippen LogP) is 4.87. The number of rotatable bonds is 5. The summed E-state index contributed by atoms with van der Waals surface area (Å²) in [6.45, 7) is 9.01. The molecule has 0 aromatic carbocycles. The van der Waals surface area contributed by atoms with Gasteiger partial charge in [-0.05, 0) is 43.4 Å². The van der Waals surface area contributed by atoms with Gasteiger partial charge in [0, 0.05) is 13.1 Å². The Morgan fingerprint density at radius 1 is 1.43 bits per heavy atom. The van der Waals surface area contributed by atoms with Crippen LogP contribution in [0.25, 0.3) is 0 Å². The molecule has 2 rings (SSSR count). The lowest BCUT2D eigenvalue weighted by atomic mass is 9.75. The molecule has 0 aliphatic heterocycles. The van der Waals surface area contributed by atoms with Crippen molar-refractivity contribution in [3.63, 3.8) is 0 Å². The molecule has 0 saturated heterocycles. The molecule has 0 N–H and O–H groups in total. The van der Waals surface area contributed by atoms with Gasteiger partial charge < -0.3 is 4.90 Å². The van der Waals surface area contributed by atoms with Crippen molar-refractivity contribution in [2.75, 3.05) is 11.9 Å². The highest BCUT2D eigenvalue weighted by Crippen LogP contribution is 2.39. The summed E-state index contributed by atoms with van der Waals surface area (Å²) in [4.78, 5) is 19.2. The average Bonchev–Trinajstić information content (AvgIpc) is 2.90. The zero-order valence-electron chi connectivity index (χ0n) is 14.0. The second-order valence-electron chi connectivity index (χ2n) is 7.18. The first-order valence-electron chi connectivity index (χ1n) is 8.06. The predicted molar refractivity (Wildman–Crippen MR) is 90.6 cm³/mol. The van der Waals surface area contributed by atoms with E-state index in [1.54, 1.807) is 11.3 Å². The molecule has 1 aliphatic rings. The van der Waals surface area contributed by atoms with Crippen LogP contribution in [-0.2, 0) is 0 Å². The Morgan fingerprint density at radius 2 is 2.05 bits per heavy atom. The SMILES string of the molecule is CCC(C)c1nc(N(C)C2CCC(C)(C)CC2)sc1C=O. The smallest absolute Gasteiger partial charge is 0.186 e. The van der Waals surface area contributed by atoms with E-state index in [-0.39, 0.29) is 0 Å². The number of carbonyl (C=O) groups excluding carboxylic acids is 1. The quantitative estimate of drug-likeness (QED) is 0.727. The van der Waals surface area contributed by atoms with Crippen molar-refractivity contribution in [2.24, 2.45) is 5.41 Å². The molecule has 1 atom stereocenters. The summed E-state index contributed by atoms with van der Waals surface area (Å²) in [5.41, 5.74) is 1.46. The number of carbonyl (C=O) groups is 1. The lowest BCUT2D eigenvalue weighted by Gasteiger charge is -2.38. The molecule has 118 valence electrons. The van der Waals surface area contributed by atoms with Gasteiger partial charge in [0.2, 0.25) is 0 Å². The fourth-order valence-corrected chi connectivity index (χ4v) is 4.07. The molecule has 1 aromatic heterocycles. The van der Waals surface area contributed by atoms with E-state index >= 15 is 0 Å². The molecule has 1 aromatic rings. The molecule has 0 amide bonds. The average molecular weight is 308 g/mol. The van der Waals surface area contributed by atoms with Gasteiger partial charge in [0.05, 0.1) is 10.6 Å². The lowest BCUT2D eigenvalue weighted by molar-refractivity contribution is 0.112. The maximum absolute atomic E-state index is 11.3. The Morgan fingerprint density at radius 3 is 2.57 bits per heavy atom. The van der Waals surface area contributed by atoms with Crippen molar-refractivity contribution in [3.8, 4) is 0 Å². The molecule has 21 heavy (non-hydrogen) atoms. The number of aromatic nitrogens is 1. The van der Waals surface area contributed by atoms with Crippen molar-refractivity contribution >= 4 is 22.8 Å². The van der Waals surface area contributed by atoms with Crippen molar-refractivity contribution in [3.05, 3.63) is 10.6 Å². The van der Waals surface area contributed by atoms with Crippen LogP contribution in [0.15, 0.2) is 0 Å². The fourth-order valence-electron chi connectivity index (χ4n) is 3.04. The van der Waals surface area contributed by atoms with Crippen LogP contribution in [0, 0.1) is 5.41 Å². The number of hydrogen-bond donors (Lipinski definition) is 0. The molecule has 1 unspecified atom stereocenters. The third kappa shape index (κ3) is 3.65. The molecule has 1 fully saturated rings. The van der Waals surface area contributed by atoms with Gasteiger partial charge in [0.25, 0.3) is 0 Å². The van der Waals surface area contributed by atoms with Gasteiger partial charge in [0.1, 0.15) is 0 Å².